The largest absolute Gasteiger partial charge is 0.493 e. The molecule has 0 saturated carbocycles. The number of methoxy groups -OCH3 is 2. The van der Waals surface area contributed by atoms with Crippen molar-refractivity contribution in [2.24, 2.45) is 0 Å². The van der Waals surface area contributed by atoms with E-state index in [1.165, 1.54) is 11.1 Å². The number of fused-ring (bicyclic) bond motifs is 1. The van der Waals surface area contributed by atoms with Crippen LogP contribution in [0.15, 0.2) is 126 Å². The average molecular weight is 707 g/mol. The molecule has 2 heterocycles. The van der Waals surface area contributed by atoms with E-state index in [2.05, 4.69) is 33.9 Å². The van der Waals surface area contributed by atoms with Gasteiger partial charge in [0.15, 0.2) is 17.8 Å². The van der Waals surface area contributed by atoms with Crippen molar-refractivity contribution in [3.63, 3.8) is 0 Å². The van der Waals surface area contributed by atoms with Crippen molar-refractivity contribution >= 4 is 15.7 Å². The molecule has 0 spiro atoms. The quantitative estimate of drug-likeness (QED) is 0.151. The number of rotatable bonds is 11. The summed E-state index contributed by atoms with van der Waals surface area (Å²) in [5.74, 6) is 1.26. The number of ether oxygens (including phenoxy) is 4. The Kier molecular flexibility index (Phi) is 10.4. The van der Waals surface area contributed by atoms with Gasteiger partial charge in [0.1, 0.15) is 0 Å². The zero-order chi connectivity index (χ0) is 35.4. The van der Waals surface area contributed by atoms with Crippen LogP contribution < -0.4 is 14.2 Å². The number of nitrogens with one attached hydrogen (secondary N) is 1. The number of hydrogen-bond acceptors (Lipinski definition) is 8. The molecule has 0 bridgehead atoms. The number of nitrogens with zero attached hydrogens (tertiary/aromatic N) is 1. The number of aliphatic hydroxyl groups is 1. The maximum Gasteiger partial charge on any atom is 0.261 e. The zero-order valence-corrected chi connectivity index (χ0v) is 29.5. The summed E-state index contributed by atoms with van der Waals surface area (Å²) in [6, 6.07) is 37.8. The van der Waals surface area contributed by atoms with E-state index in [-0.39, 0.29) is 23.5 Å². The molecule has 10 heteroatoms. The van der Waals surface area contributed by atoms with Crippen molar-refractivity contribution in [2.75, 3.05) is 32.0 Å². The molecule has 264 valence electrons. The van der Waals surface area contributed by atoms with E-state index >= 15 is 0 Å². The first-order valence-electron chi connectivity index (χ1n) is 17.0. The van der Waals surface area contributed by atoms with E-state index in [1.54, 1.807) is 62.8 Å². The van der Waals surface area contributed by atoms with Gasteiger partial charge in [0.05, 0.1) is 37.9 Å². The van der Waals surface area contributed by atoms with Crippen molar-refractivity contribution in [3.8, 4) is 11.5 Å². The maximum atomic E-state index is 13.2. The molecule has 9 nitrogen and oxygen atoms in total. The predicted octanol–water partition coefficient (Wildman–Crippen LogP) is 6.99. The molecule has 2 N–H and O–H groups in total. The topological polar surface area (TPSA) is 107 Å². The van der Waals surface area contributed by atoms with Gasteiger partial charge in [0.25, 0.3) is 10.0 Å². The molecule has 7 rings (SSSR count). The van der Waals surface area contributed by atoms with E-state index in [1.807, 2.05) is 48.5 Å². The molecule has 0 aromatic heterocycles. The van der Waals surface area contributed by atoms with Crippen LogP contribution in [0.3, 0.4) is 0 Å². The molecular weight excluding hydrogens is 665 g/mol. The Hall–Kier alpha value is -4.71. The fourth-order valence-electron chi connectivity index (χ4n) is 7.08. The minimum absolute atomic E-state index is 0.0545. The standard InChI is InChI=1S/C41H42N2O7S/c1-47-36-23-31-20-21-43(25-33(31)24-37(36)48-2)26-38-39(29-10-5-3-6-11-29)40(30-18-16-28(27-44)17-19-30)50-41(49-38)32-12-9-13-34(22-32)42-51(45,46)35-14-7-4-8-15-35/h3-19,22-24,38-42,44H,20-21,25-27H2,1-2H3/t38-,39-,40+,41?/m1/s1. The molecule has 2 aliphatic rings. The van der Waals surface area contributed by atoms with Crippen molar-refractivity contribution < 1.29 is 32.5 Å². The van der Waals surface area contributed by atoms with Gasteiger partial charge in [-0.15, -0.1) is 0 Å². The highest BCUT2D eigenvalue weighted by molar-refractivity contribution is 7.92. The third-order valence-corrected chi connectivity index (χ3v) is 11.1. The third-order valence-electron chi connectivity index (χ3n) is 9.67. The molecule has 1 fully saturated rings. The molecule has 1 saturated heterocycles. The Morgan fingerprint density at radius 3 is 2.12 bits per heavy atom. The van der Waals surface area contributed by atoms with Gasteiger partial charge >= 0.3 is 0 Å². The lowest BCUT2D eigenvalue weighted by molar-refractivity contribution is -0.263. The van der Waals surface area contributed by atoms with Gasteiger partial charge in [-0.1, -0.05) is 84.9 Å². The molecular formula is C41H42N2O7S. The van der Waals surface area contributed by atoms with Gasteiger partial charge in [-0.3, -0.25) is 9.62 Å². The van der Waals surface area contributed by atoms with Crippen molar-refractivity contribution in [1.82, 2.24) is 4.90 Å². The zero-order valence-electron chi connectivity index (χ0n) is 28.6. The Morgan fingerprint density at radius 1 is 0.765 bits per heavy atom. The highest BCUT2D eigenvalue weighted by Crippen LogP contribution is 2.47. The molecule has 0 aliphatic carbocycles. The fourth-order valence-corrected chi connectivity index (χ4v) is 8.15. The molecule has 1 unspecified atom stereocenters. The van der Waals surface area contributed by atoms with E-state index in [9.17, 15) is 13.5 Å². The summed E-state index contributed by atoms with van der Waals surface area (Å²) < 4.78 is 54.2. The maximum absolute atomic E-state index is 13.2. The number of aliphatic hydroxyl groups excluding tert-OH is 1. The van der Waals surface area contributed by atoms with Crippen LogP contribution in [0.25, 0.3) is 0 Å². The Labute approximate surface area is 299 Å². The van der Waals surface area contributed by atoms with Gasteiger partial charge < -0.3 is 24.1 Å². The normalized spacial score (nSPS) is 20.7. The van der Waals surface area contributed by atoms with Crippen LogP contribution in [-0.4, -0.2) is 51.8 Å². The predicted molar refractivity (Wildman–Crippen MR) is 195 cm³/mol. The van der Waals surface area contributed by atoms with Gasteiger partial charge in [0, 0.05) is 36.8 Å². The first kappa shape index (κ1) is 34.7. The molecule has 2 aliphatic heterocycles. The Balaban J connectivity index is 1.24. The summed E-state index contributed by atoms with van der Waals surface area (Å²) in [5.41, 5.74) is 6.39. The number of hydrogen-bond donors (Lipinski definition) is 2. The number of benzene rings is 5. The minimum Gasteiger partial charge on any atom is -0.493 e. The summed E-state index contributed by atoms with van der Waals surface area (Å²) in [7, 11) is -0.496. The van der Waals surface area contributed by atoms with Crippen molar-refractivity contribution in [3.05, 3.63) is 155 Å². The van der Waals surface area contributed by atoms with E-state index in [0.717, 1.165) is 42.0 Å². The highest BCUT2D eigenvalue weighted by atomic mass is 32.2. The first-order chi connectivity index (χ1) is 24.8. The van der Waals surface area contributed by atoms with Crippen LogP contribution in [-0.2, 0) is 39.1 Å². The van der Waals surface area contributed by atoms with Crippen LogP contribution in [0.4, 0.5) is 5.69 Å². The second-order valence-electron chi connectivity index (χ2n) is 12.9. The first-order valence-corrected chi connectivity index (χ1v) is 18.5. The van der Waals surface area contributed by atoms with Crippen LogP contribution >= 0.6 is 0 Å². The van der Waals surface area contributed by atoms with Crippen molar-refractivity contribution in [1.29, 1.82) is 0 Å². The van der Waals surface area contributed by atoms with Crippen LogP contribution in [0.5, 0.6) is 11.5 Å². The van der Waals surface area contributed by atoms with Crippen molar-refractivity contribution in [2.45, 2.75) is 48.9 Å². The summed E-state index contributed by atoms with van der Waals surface area (Å²) in [5, 5.41) is 9.77. The molecule has 5 aromatic rings. The minimum atomic E-state index is -3.81. The van der Waals surface area contributed by atoms with Gasteiger partial charge in [0.2, 0.25) is 0 Å². The highest BCUT2D eigenvalue weighted by Gasteiger charge is 2.43. The second-order valence-corrected chi connectivity index (χ2v) is 14.6. The molecule has 5 aromatic carbocycles. The van der Waals surface area contributed by atoms with E-state index in [4.69, 9.17) is 18.9 Å². The van der Waals surface area contributed by atoms with E-state index < -0.39 is 22.4 Å². The summed E-state index contributed by atoms with van der Waals surface area (Å²) >= 11 is 0. The monoisotopic (exact) mass is 706 g/mol. The molecule has 4 atom stereocenters. The van der Waals surface area contributed by atoms with Gasteiger partial charge in [-0.2, -0.15) is 0 Å². The smallest absolute Gasteiger partial charge is 0.261 e. The van der Waals surface area contributed by atoms with Gasteiger partial charge in [-0.05, 0) is 70.6 Å². The lowest BCUT2D eigenvalue weighted by Gasteiger charge is -2.45. The molecule has 0 radical (unpaired) electrons. The lowest BCUT2D eigenvalue weighted by atomic mass is 9.82. The third kappa shape index (κ3) is 7.66. The van der Waals surface area contributed by atoms with Gasteiger partial charge in [-0.25, -0.2) is 8.42 Å². The fraction of sp³-hybridized carbons (Fsp3) is 0.268. The molecule has 0 amide bonds. The van der Waals surface area contributed by atoms with E-state index in [0.29, 0.717) is 23.5 Å². The Bertz CT molecular complexity index is 2040. The summed E-state index contributed by atoms with van der Waals surface area (Å²) in [6.07, 6.45) is -0.649. The average Bonchev–Trinajstić information content (AvgIpc) is 3.17. The van der Waals surface area contributed by atoms with Crippen LogP contribution in [0.1, 0.15) is 51.7 Å². The summed E-state index contributed by atoms with van der Waals surface area (Å²) in [4.78, 5) is 2.59. The van der Waals surface area contributed by atoms with Crippen LogP contribution in [0.2, 0.25) is 0 Å². The number of sulfonamides is 1. The Morgan fingerprint density at radius 2 is 1.43 bits per heavy atom. The molecule has 51 heavy (non-hydrogen) atoms. The SMILES string of the molecule is COc1cc2c(cc1OC)CN(C[C@H]1OC(c3cccc(NS(=O)(=O)c4ccccc4)c3)O[C@@H](c3ccc(CO)cc3)[C@@H]1c1ccccc1)CC2. The summed E-state index contributed by atoms with van der Waals surface area (Å²) in [6.45, 7) is 2.12. The lowest BCUT2D eigenvalue weighted by Crippen LogP contribution is -2.45. The number of anilines is 1. The van der Waals surface area contributed by atoms with Crippen LogP contribution in [0, 0.1) is 0 Å². The second kappa shape index (κ2) is 15.3.